The highest BCUT2D eigenvalue weighted by Crippen LogP contribution is 2.28. The Morgan fingerprint density at radius 1 is 1.11 bits per heavy atom. The molecule has 0 atom stereocenters. The van der Waals surface area contributed by atoms with Crippen molar-refractivity contribution < 1.29 is 4.39 Å². The van der Waals surface area contributed by atoms with E-state index in [9.17, 15) is 4.39 Å². The van der Waals surface area contributed by atoms with Gasteiger partial charge in [-0.2, -0.15) is 0 Å². The molecule has 94 valence electrons. The number of hydrogen-bond acceptors (Lipinski definition) is 2. The minimum Gasteiger partial charge on any atom is -0.220 e. The zero-order chi connectivity index (χ0) is 13.3. The summed E-state index contributed by atoms with van der Waals surface area (Å²) in [6.45, 7) is 0. The average Bonchev–Trinajstić information content (AvgIpc) is 2.29. The molecule has 1 heterocycles. The Morgan fingerprint density at radius 2 is 1.72 bits per heavy atom. The summed E-state index contributed by atoms with van der Waals surface area (Å²) < 4.78 is 13.3. The van der Waals surface area contributed by atoms with Gasteiger partial charge in [0.25, 0.3) is 0 Å². The van der Waals surface area contributed by atoms with E-state index < -0.39 is 5.82 Å². The van der Waals surface area contributed by atoms with Gasteiger partial charge in [0.15, 0.2) is 0 Å². The highest BCUT2D eigenvalue weighted by Gasteiger charge is 2.11. The largest absolute Gasteiger partial charge is 0.220 e. The maximum absolute atomic E-state index is 12.9. The topological polar surface area (TPSA) is 25.8 Å². The molecule has 0 amide bonds. The third-order valence-corrected chi connectivity index (χ3v) is 4.29. The summed E-state index contributed by atoms with van der Waals surface area (Å²) in [5.41, 5.74) is 0.701. The Morgan fingerprint density at radius 3 is 2.28 bits per heavy atom. The fourth-order valence-corrected chi connectivity index (χ4v) is 2.18. The molecule has 0 saturated carbocycles. The van der Waals surface area contributed by atoms with Crippen LogP contribution in [0.3, 0.4) is 0 Å². The van der Waals surface area contributed by atoms with Gasteiger partial charge in [-0.1, -0.05) is 40.9 Å². The molecule has 1 aromatic carbocycles. The van der Waals surface area contributed by atoms with E-state index in [4.69, 9.17) is 34.8 Å². The second-order valence-electron chi connectivity index (χ2n) is 3.45. The molecule has 0 spiro atoms. The minimum absolute atomic E-state index is 0.225. The third-order valence-electron chi connectivity index (χ3n) is 2.18. The molecule has 0 saturated heterocycles. The molecule has 18 heavy (non-hydrogen) atoms. The number of nitrogens with zero attached hydrogens (tertiary/aromatic N) is 2. The van der Waals surface area contributed by atoms with Crippen LogP contribution in [-0.4, -0.2) is 9.97 Å². The smallest absolute Gasteiger partial charge is 0.148 e. The Hall–Kier alpha value is -0.420. The Kier molecular flexibility index (Phi) is 4.43. The lowest BCUT2D eigenvalue weighted by Gasteiger charge is -2.05. The van der Waals surface area contributed by atoms with Crippen LogP contribution in [0.2, 0.25) is 15.3 Å². The second kappa shape index (κ2) is 5.70. The van der Waals surface area contributed by atoms with Crippen molar-refractivity contribution in [2.75, 3.05) is 0 Å². The molecule has 0 radical (unpaired) electrons. The van der Waals surface area contributed by atoms with Gasteiger partial charge in [0.1, 0.15) is 21.9 Å². The van der Waals surface area contributed by atoms with Crippen LogP contribution >= 0.6 is 50.7 Å². The molecule has 0 fully saturated rings. The first-order chi connectivity index (χ1) is 8.47. The first-order valence-electron chi connectivity index (χ1n) is 4.78. The summed E-state index contributed by atoms with van der Waals surface area (Å²) >= 11 is 20.8. The van der Waals surface area contributed by atoms with Gasteiger partial charge in [0, 0.05) is 11.4 Å². The highest BCUT2D eigenvalue weighted by atomic mass is 79.9. The molecule has 0 bridgehead atoms. The molecule has 1 aromatic heterocycles. The monoisotopic (exact) mass is 368 g/mol. The minimum atomic E-state index is -0.392. The zero-order valence-electron chi connectivity index (χ0n) is 8.72. The van der Waals surface area contributed by atoms with Crippen molar-refractivity contribution in [1.82, 2.24) is 9.97 Å². The maximum atomic E-state index is 12.9. The van der Waals surface area contributed by atoms with Gasteiger partial charge >= 0.3 is 0 Å². The Labute approximate surface area is 126 Å². The predicted octanol–water partition coefficient (Wildman–Crippen LogP) is 4.93. The summed E-state index contributed by atoms with van der Waals surface area (Å²) in [5, 5.41) is 0.764. The van der Waals surface area contributed by atoms with Crippen LogP contribution in [0.1, 0.15) is 11.4 Å². The third kappa shape index (κ3) is 3.12. The number of aromatic nitrogens is 2. The normalized spacial score (nSPS) is 10.7. The molecule has 2 nitrogen and oxygen atoms in total. The maximum Gasteiger partial charge on any atom is 0.148 e. The fourth-order valence-electron chi connectivity index (χ4n) is 1.35. The van der Waals surface area contributed by atoms with Crippen molar-refractivity contribution >= 4 is 50.7 Å². The lowest BCUT2D eigenvalue weighted by molar-refractivity contribution is 0.627. The average molecular weight is 370 g/mol. The van der Waals surface area contributed by atoms with E-state index in [1.807, 2.05) is 0 Å². The van der Waals surface area contributed by atoms with Gasteiger partial charge in [-0.05, 0) is 33.6 Å². The second-order valence-corrected chi connectivity index (χ2v) is 5.36. The van der Waals surface area contributed by atoms with E-state index in [0.717, 1.165) is 0 Å². The van der Waals surface area contributed by atoms with Gasteiger partial charge in [-0.3, -0.25) is 0 Å². The summed E-state index contributed by atoms with van der Waals surface area (Å²) in [6, 6.07) is 4.13. The van der Waals surface area contributed by atoms with E-state index in [0.29, 0.717) is 27.3 Å². The van der Waals surface area contributed by atoms with Crippen LogP contribution in [0.4, 0.5) is 4.39 Å². The van der Waals surface area contributed by atoms with Crippen molar-refractivity contribution in [3.05, 3.63) is 55.2 Å². The molecule has 2 aromatic rings. The van der Waals surface area contributed by atoms with E-state index in [-0.39, 0.29) is 10.3 Å². The summed E-state index contributed by atoms with van der Waals surface area (Å²) in [5.74, 6) is 0.0262. The highest BCUT2D eigenvalue weighted by molar-refractivity contribution is 9.10. The van der Waals surface area contributed by atoms with Crippen LogP contribution < -0.4 is 0 Å². The quantitative estimate of drug-likeness (QED) is 0.701. The first-order valence-corrected chi connectivity index (χ1v) is 6.71. The predicted molar refractivity (Wildman–Crippen MR) is 74.0 cm³/mol. The Balaban J connectivity index is 2.34. The molecular weight excluding hydrogens is 365 g/mol. The van der Waals surface area contributed by atoms with E-state index in [2.05, 4.69) is 25.9 Å². The number of halogens is 5. The van der Waals surface area contributed by atoms with Gasteiger partial charge in [0.05, 0.1) is 4.47 Å². The van der Waals surface area contributed by atoms with E-state index in [1.165, 1.54) is 12.1 Å². The van der Waals surface area contributed by atoms with Gasteiger partial charge in [-0.25, -0.2) is 14.4 Å². The van der Waals surface area contributed by atoms with Crippen LogP contribution in [-0.2, 0) is 6.42 Å². The molecule has 0 aliphatic heterocycles. The van der Waals surface area contributed by atoms with Crippen LogP contribution in [0, 0.1) is 5.82 Å². The van der Waals surface area contributed by atoms with Gasteiger partial charge < -0.3 is 0 Å². The van der Waals surface area contributed by atoms with Crippen LogP contribution in [0.25, 0.3) is 0 Å². The van der Waals surface area contributed by atoms with Crippen molar-refractivity contribution in [3.63, 3.8) is 0 Å². The SMILES string of the molecule is Fc1ccc(Cc2nc(Cl)c(Br)c(Cl)n2)c(Cl)c1. The summed E-state index contributed by atoms with van der Waals surface area (Å²) in [6.07, 6.45) is 0.325. The standard InChI is InChI=1S/C11H5BrCl3FN2/c12-9-10(14)17-8(18-11(9)15)3-5-1-2-6(16)4-7(5)13/h1-2,4H,3H2. The molecular formula is C11H5BrCl3FN2. The van der Waals surface area contributed by atoms with Crippen molar-refractivity contribution in [1.29, 1.82) is 0 Å². The summed E-state index contributed by atoms with van der Waals surface area (Å²) in [4.78, 5) is 8.13. The van der Waals surface area contributed by atoms with Crippen molar-refractivity contribution in [2.24, 2.45) is 0 Å². The fraction of sp³-hybridized carbons (Fsp3) is 0.0909. The first kappa shape index (κ1) is 14.0. The molecule has 0 unspecified atom stereocenters. The van der Waals surface area contributed by atoms with Crippen LogP contribution in [0.5, 0.6) is 0 Å². The molecule has 0 N–H and O–H groups in total. The van der Waals surface area contributed by atoms with Gasteiger partial charge in [0.2, 0.25) is 0 Å². The lowest BCUT2D eigenvalue weighted by atomic mass is 10.1. The van der Waals surface area contributed by atoms with Crippen molar-refractivity contribution in [2.45, 2.75) is 6.42 Å². The molecule has 0 aliphatic rings. The lowest BCUT2D eigenvalue weighted by Crippen LogP contribution is -1.99. The summed E-state index contributed by atoms with van der Waals surface area (Å²) in [7, 11) is 0. The number of hydrogen-bond donors (Lipinski definition) is 0. The number of benzene rings is 1. The molecule has 2 rings (SSSR count). The Bertz CT molecular complexity index is 584. The van der Waals surface area contributed by atoms with E-state index >= 15 is 0 Å². The number of rotatable bonds is 2. The zero-order valence-corrected chi connectivity index (χ0v) is 12.6. The molecule has 7 heteroatoms. The van der Waals surface area contributed by atoms with Crippen molar-refractivity contribution in [3.8, 4) is 0 Å². The van der Waals surface area contributed by atoms with E-state index in [1.54, 1.807) is 6.07 Å². The van der Waals surface area contributed by atoms with Gasteiger partial charge in [-0.15, -0.1) is 0 Å². The molecule has 0 aliphatic carbocycles. The van der Waals surface area contributed by atoms with Crippen LogP contribution in [0.15, 0.2) is 22.7 Å².